The van der Waals surface area contributed by atoms with Gasteiger partial charge >= 0.3 is 5.97 Å². The number of hydrogen-bond acceptors (Lipinski definition) is 5. The average molecular weight is 311 g/mol. The molecular formula is C17H17N3O3. The van der Waals surface area contributed by atoms with Crippen LogP contribution in [0.2, 0.25) is 0 Å². The van der Waals surface area contributed by atoms with Crippen LogP contribution in [-0.2, 0) is 16.0 Å². The number of nitrogens with zero attached hydrogens (tertiary/aromatic N) is 1. The van der Waals surface area contributed by atoms with Gasteiger partial charge in [0.15, 0.2) is 0 Å². The lowest BCUT2D eigenvalue weighted by atomic mass is 10.1. The minimum Gasteiger partial charge on any atom is -0.497 e. The van der Waals surface area contributed by atoms with Crippen LogP contribution in [0.4, 0.5) is 11.6 Å². The molecule has 0 radical (unpaired) electrons. The Labute approximate surface area is 133 Å². The van der Waals surface area contributed by atoms with Crippen LogP contribution in [0.15, 0.2) is 42.5 Å². The molecule has 0 bridgehead atoms. The minimum absolute atomic E-state index is 0.253. The van der Waals surface area contributed by atoms with Crippen LogP contribution in [0.3, 0.4) is 0 Å². The Bertz CT molecular complexity index is 825. The molecule has 0 amide bonds. The molecule has 0 aliphatic heterocycles. The molecule has 118 valence electrons. The number of fused-ring (bicyclic) bond motifs is 1. The van der Waals surface area contributed by atoms with E-state index < -0.39 is 0 Å². The van der Waals surface area contributed by atoms with E-state index in [1.165, 1.54) is 7.11 Å². The summed E-state index contributed by atoms with van der Waals surface area (Å²) in [5.74, 6) is 1.17. The number of benzene rings is 2. The molecule has 3 rings (SSSR count). The normalized spacial score (nSPS) is 10.5. The van der Waals surface area contributed by atoms with E-state index in [9.17, 15) is 4.79 Å². The van der Waals surface area contributed by atoms with Crippen molar-refractivity contribution in [3.63, 3.8) is 0 Å². The summed E-state index contributed by atoms with van der Waals surface area (Å²) in [7, 11) is 3.02. The topological polar surface area (TPSA) is 76.2 Å². The van der Waals surface area contributed by atoms with Gasteiger partial charge in [-0.15, -0.1) is 0 Å². The first-order chi connectivity index (χ1) is 11.2. The number of nitrogens with one attached hydrogen (secondary N) is 2. The van der Waals surface area contributed by atoms with E-state index in [2.05, 4.69) is 20.0 Å². The van der Waals surface area contributed by atoms with Gasteiger partial charge in [0.1, 0.15) is 5.75 Å². The maximum absolute atomic E-state index is 11.2. The number of aromatic amines is 1. The van der Waals surface area contributed by atoms with E-state index in [-0.39, 0.29) is 12.4 Å². The number of carbonyl (C=O) groups is 1. The highest BCUT2D eigenvalue weighted by Gasteiger charge is 2.06. The number of methoxy groups -OCH3 is 2. The molecule has 0 aliphatic rings. The standard InChI is InChI=1S/C17H17N3O3/c1-22-13-7-8-14-15(10-13)20-17(19-14)18-12-5-3-11(4-6-12)9-16(21)23-2/h3-8,10H,9H2,1-2H3,(H2,18,19,20). The van der Waals surface area contributed by atoms with E-state index in [0.29, 0.717) is 5.95 Å². The van der Waals surface area contributed by atoms with Crippen LogP contribution in [0.1, 0.15) is 5.56 Å². The maximum atomic E-state index is 11.2. The molecule has 2 aromatic carbocycles. The number of H-pyrrole nitrogens is 1. The average Bonchev–Trinajstić information content (AvgIpc) is 2.97. The zero-order chi connectivity index (χ0) is 16.2. The van der Waals surface area contributed by atoms with Gasteiger partial charge in [-0.05, 0) is 29.8 Å². The Balaban J connectivity index is 1.75. The van der Waals surface area contributed by atoms with E-state index >= 15 is 0 Å². The quantitative estimate of drug-likeness (QED) is 0.708. The Kier molecular flexibility index (Phi) is 4.14. The molecule has 0 aliphatic carbocycles. The van der Waals surface area contributed by atoms with Gasteiger partial charge in [-0.1, -0.05) is 12.1 Å². The fourth-order valence-corrected chi connectivity index (χ4v) is 2.26. The molecule has 1 heterocycles. The summed E-state index contributed by atoms with van der Waals surface area (Å²) < 4.78 is 9.85. The summed E-state index contributed by atoms with van der Waals surface area (Å²) in [5, 5.41) is 3.20. The molecular weight excluding hydrogens is 294 g/mol. The molecule has 3 aromatic rings. The summed E-state index contributed by atoms with van der Waals surface area (Å²) in [6.07, 6.45) is 0.265. The third-order valence-electron chi connectivity index (χ3n) is 3.48. The van der Waals surface area contributed by atoms with Crippen molar-refractivity contribution in [3.8, 4) is 5.75 Å². The second kappa shape index (κ2) is 6.39. The number of imidazole rings is 1. The van der Waals surface area contributed by atoms with Gasteiger partial charge in [0, 0.05) is 11.8 Å². The summed E-state index contributed by atoms with van der Waals surface area (Å²) >= 11 is 0. The smallest absolute Gasteiger partial charge is 0.309 e. The SMILES string of the molecule is COC(=O)Cc1ccc(Nc2nc3ccc(OC)cc3[nH]2)cc1. The Hall–Kier alpha value is -3.02. The first-order valence-corrected chi connectivity index (χ1v) is 7.14. The molecule has 0 saturated heterocycles. The van der Waals surface area contributed by atoms with E-state index in [0.717, 1.165) is 28.0 Å². The van der Waals surface area contributed by atoms with Crippen molar-refractivity contribution in [1.82, 2.24) is 9.97 Å². The van der Waals surface area contributed by atoms with Gasteiger partial charge in [-0.25, -0.2) is 4.98 Å². The lowest BCUT2D eigenvalue weighted by Crippen LogP contribution is -2.04. The van der Waals surface area contributed by atoms with Gasteiger partial charge in [-0.2, -0.15) is 0 Å². The van der Waals surface area contributed by atoms with Crippen LogP contribution in [0.25, 0.3) is 11.0 Å². The first-order valence-electron chi connectivity index (χ1n) is 7.14. The fourth-order valence-electron chi connectivity index (χ4n) is 2.26. The highest BCUT2D eigenvalue weighted by Crippen LogP contribution is 2.22. The van der Waals surface area contributed by atoms with Gasteiger partial charge in [0.05, 0.1) is 31.7 Å². The second-order valence-electron chi connectivity index (χ2n) is 5.04. The van der Waals surface area contributed by atoms with Crippen LogP contribution >= 0.6 is 0 Å². The Morgan fingerprint density at radius 2 is 1.96 bits per heavy atom. The van der Waals surface area contributed by atoms with Gasteiger partial charge in [0.25, 0.3) is 0 Å². The molecule has 0 fully saturated rings. The monoisotopic (exact) mass is 311 g/mol. The number of aromatic nitrogens is 2. The van der Waals surface area contributed by atoms with E-state index in [1.807, 2.05) is 42.5 Å². The lowest BCUT2D eigenvalue weighted by Gasteiger charge is -2.04. The van der Waals surface area contributed by atoms with E-state index in [1.54, 1.807) is 7.11 Å². The van der Waals surface area contributed by atoms with Crippen molar-refractivity contribution in [2.75, 3.05) is 19.5 Å². The number of ether oxygens (including phenoxy) is 2. The summed E-state index contributed by atoms with van der Waals surface area (Å²) in [6.45, 7) is 0. The third kappa shape index (κ3) is 3.42. The Morgan fingerprint density at radius 1 is 1.17 bits per heavy atom. The predicted molar refractivity (Wildman–Crippen MR) is 88.1 cm³/mol. The van der Waals surface area contributed by atoms with Crippen LogP contribution < -0.4 is 10.1 Å². The zero-order valence-corrected chi connectivity index (χ0v) is 12.9. The fraction of sp³-hybridized carbons (Fsp3) is 0.176. The minimum atomic E-state index is -0.253. The van der Waals surface area contributed by atoms with Crippen molar-refractivity contribution in [2.45, 2.75) is 6.42 Å². The summed E-state index contributed by atoms with van der Waals surface area (Å²) in [5.41, 5.74) is 3.53. The zero-order valence-electron chi connectivity index (χ0n) is 12.9. The molecule has 0 saturated carbocycles. The van der Waals surface area contributed by atoms with E-state index in [4.69, 9.17) is 4.74 Å². The number of rotatable bonds is 5. The summed E-state index contributed by atoms with van der Waals surface area (Å²) in [4.78, 5) is 18.9. The number of hydrogen-bond donors (Lipinski definition) is 2. The number of anilines is 2. The van der Waals surface area contributed by atoms with Crippen molar-refractivity contribution in [2.24, 2.45) is 0 Å². The van der Waals surface area contributed by atoms with Crippen molar-refractivity contribution in [3.05, 3.63) is 48.0 Å². The maximum Gasteiger partial charge on any atom is 0.309 e. The van der Waals surface area contributed by atoms with Crippen molar-refractivity contribution in [1.29, 1.82) is 0 Å². The van der Waals surface area contributed by atoms with Crippen LogP contribution in [0.5, 0.6) is 5.75 Å². The van der Waals surface area contributed by atoms with Gasteiger partial charge in [0.2, 0.25) is 5.95 Å². The highest BCUT2D eigenvalue weighted by atomic mass is 16.5. The van der Waals surface area contributed by atoms with Crippen molar-refractivity contribution < 1.29 is 14.3 Å². The lowest BCUT2D eigenvalue weighted by molar-refractivity contribution is -0.139. The van der Waals surface area contributed by atoms with Gasteiger partial charge in [-0.3, -0.25) is 4.79 Å². The van der Waals surface area contributed by atoms with Gasteiger partial charge < -0.3 is 19.8 Å². The van der Waals surface area contributed by atoms with Crippen molar-refractivity contribution >= 4 is 28.6 Å². The molecule has 6 nitrogen and oxygen atoms in total. The Morgan fingerprint density at radius 3 is 2.65 bits per heavy atom. The molecule has 2 N–H and O–H groups in total. The predicted octanol–water partition coefficient (Wildman–Crippen LogP) is 3.03. The largest absolute Gasteiger partial charge is 0.497 e. The molecule has 6 heteroatoms. The molecule has 23 heavy (non-hydrogen) atoms. The molecule has 1 aromatic heterocycles. The molecule has 0 atom stereocenters. The van der Waals surface area contributed by atoms with Crippen LogP contribution in [-0.4, -0.2) is 30.2 Å². The third-order valence-corrected chi connectivity index (χ3v) is 3.48. The molecule has 0 spiro atoms. The summed E-state index contributed by atoms with van der Waals surface area (Å²) in [6, 6.07) is 13.2. The second-order valence-corrected chi connectivity index (χ2v) is 5.04. The number of carbonyl (C=O) groups excluding carboxylic acids is 1. The molecule has 0 unspecified atom stereocenters. The van der Waals surface area contributed by atoms with Crippen LogP contribution in [0, 0.1) is 0 Å². The highest BCUT2D eigenvalue weighted by molar-refractivity contribution is 5.80. The first kappa shape index (κ1) is 14.9. The number of esters is 1.